The summed E-state index contributed by atoms with van der Waals surface area (Å²) >= 11 is 0. The lowest BCUT2D eigenvalue weighted by atomic mass is 10.2. The van der Waals surface area contributed by atoms with Gasteiger partial charge in [0.1, 0.15) is 5.82 Å². The van der Waals surface area contributed by atoms with Gasteiger partial charge in [-0.05, 0) is 32.7 Å². The van der Waals surface area contributed by atoms with Crippen LogP contribution in [-0.2, 0) is 11.3 Å². The summed E-state index contributed by atoms with van der Waals surface area (Å²) in [5.41, 5.74) is 0. The summed E-state index contributed by atoms with van der Waals surface area (Å²) in [6.45, 7) is 5.04. The first-order valence-electron chi connectivity index (χ1n) is 7.02. The van der Waals surface area contributed by atoms with E-state index in [1.165, 1.54) is 0 Å². The van der Waals surface area contributed by atoms with E-state index in [2.05, 4.69) is 14.5 Å². The highest BCUT2D eigenvalue weighted by Gasteiger charge is 2.30. The smallest absolute Gasteiger partial charge is 0.239 e. The Labute approximate surface area is 115 Å². The lowest BCUT2D eigenvalue weighted by molar-refractivity contribution is -0.133. The quantitative estimate of drug-likeness (QED) is 0.800. The molecule has 1 fully saturated rings. The minimum atomic E-state index is 0.0962. The first-order chi connectivity index (χ1) is 9.09. The molecule has 0 radical (unpaired) electrons. The van der Waals surface area contributed by atoms with Crippen LogP contribution in [0.25, 0.3) is 0 Å². The standard InChI is InChI=1S/C14H24N4O/c1-12-15-7-11-17(12)9-5-10-18-8-4-6-13(18)14(19)16(2)3/h7,11,13H,4-6,8-10H2,1-3H3/t13-/m0/s1. The number of amides is 1. The molecule has 0 N–H and O–H groups in total. The average molecular weight is 264 g/mol. The third-order valence-electron chi connectivity index (χ3n) is 3.86. The van der Waals surface area contributed by atoms with Crippen LogP contribution in [0, 0.1) is 6.92 Å². The van der Waals surface area contributed by atoms with Gasteiger partial charge in [-0.15, -0.1) is 0 Å². The van der Waals surface area contributed by atoms with Gasteiger partial charge in [-0.25, -0.2) is 4.98 Å². The molecule has 106 valence electrons. The highest BCUT2D eigenvalue weighted by Crippen LogP contribution is 2.19. The molecular weight excluding hydrogens is 240 g/mol. The van der Waals surface area contributed by atoms with Gasteiger partial charge in [0.2, 0.25) is 5.91 Å². The molecule has 5 nitrogen and oxygen atoms in total. The molecule has 19 heavy (non-hydrogen) atoms. The Kier molecular flexibility index (Phi) is 4.58. The van der Waals surface area contributed by atoms with E-state index >= 15 is 0 Å². The second-order valence-corrected chi connectivity index (χ2v) is 5.45. The Morgan fingerprint density at radius 1 is 1.47 bits per heavy atom. The summed E-state index contributed by atoms with van der Waals surface area (Å²) in [5.74, 6) is 1.30. The van der Waals surface area contributed by atoms with Crippen molar-refractivity contribution in [3.8, 4) is 0 Å². The number of hydrogen-bond acceptors (Lipinski definition) is 3. The minimum Gasteiger partial charge on any atom is -0.347 e. The average Bonchev–Trinajstić information content (AvgIpc) is 2.98. The number of imidazole rings is 1. The van der Waals surface area contributed by atoms with Crippen LogP contribution in [-0.4, -0.2) is 58.5 Å². The molecule has 0 aromatic carbocycles. The minimum absolute atomic E-state index is 0.0962. The molecule has 1 amide bonds. The molecule has 0 saturated carbocycles. The molecule has 2 rings (SSSR count). The van der Waals surface area contributed by atoms with Gasteiger partial charge in [0, 0.05) is 39.6 Å². The summed E-state index contributed by atoms with van der Waals surface area (Å²) < 4.78 is 2.17. The van der Waals surface area contributed by atoms with Gasteiger partial charge in [0.05, 0.1) is 6.04 Å². The van der Waals surface area contributed by atoms with Crippen molar-refractivity contribution in [2.75, 3.05) is 27.2 Å². The maximum atomic E-state index is 12.1. The fraction of sp³-hybridized carbons (Fsp3) is 0.714. The molecule has 0 spiro atoms. The molecule has 0 aliphatic carbocycles. The van der Waals surface area contributed by atoms with Gasteiger partial charge in [-0.3, -0.25) is 9.69 Å². The third-order valence-corrected chi connectivity index (χ3v) is 3.86. The van der Waals surface area contributed by atoms with Crippen LogP contribution >= 0.6 is 0 Å². The number of carbonyl (C=O) groups excluding carboxylic acids is 1. The van der Waals surface area contributed by atoms with Crippen molar-refractivity contribution in [3.63, 3.8) is 0 Å². The van der Waals surface area contributed by atoms with Crippen molar-refractivity contribution < 1.29 is 4.79 Å². The van der Waals surface area contributed by atoms with E-state index < -0.39 is 0 Å². The Bertz CT molecular complexity index is 427. The molecule has 1 aromatic heterocycles. The molecular formula is C14H24N4O. The number of nitrogens with zero attached hydrogens (tertiary/aromatic N) is 4. The van der Waals surface area contributed by atoms with E-state index in [0.717, 1.165) is 44.7 Å². The molecule has 1 saturated heterocycles. The topological polar surface area (TPSA) is 41.4 Å². The van der Waals surface area contributed by atoms with E-state index in [1.54, 1.807) is 4.90 Å². The largest absolute Gasteiger partial charge is 0.347 e. The SMILES string of the molecule is Cc1nccn1CCCN1CCC[C@H]1C(=O)N(C)C. The fourth-order valence-corrected chi connectivity index (χ4v) is 2.76. The van der Waals surface area contributed by atoms with Crippen LogP contribution < -0.4 is 0 Å². The third kappa shape index (κ3) is 3.35. The zero-order valence-electron chi connectivity index (χ0n) is 12.2. The predicted octanol–water partition coefficient (Wildman–Crippen LogP) is 1.13. The molecule has 2 heterocycles. The van der Waals surface area contributed by atoms with Crippen LogP contribution in [0.2, 0.25) is 0 Å². The maximum absolute atomic E-state index is 12.1. The number of aryl methyl sites for hydroxylation is 2. The number of aromatic nitrogens is 2. The van der Waals surface area contributed by atoms with E-state index in [-0.39, 0.29) is 11.9 Å². The van der Waals surface area contributed by atoms with E-state index in [9.17, 15) is 4.79 Å². The lowest BCUT2D eigenvalue weighted by Gasteiger charge is -2.26. The van der Waals surface area contributed by atoms with Crippen LogP contribution in [0.5, 0.6) is 0 Å². The Morgan fingerprint density at radius 2 is 2.26 bits per heavy atom. The zero-order chi connectivity index (χ0) is 13.8. The van der Waals surface area contributed by atoms with Gasteiger partial charge in [-0.2, -0.15) is 0 Å². The number of hydrogen-bond donors (Lipinski definition) is 0. The Morgan fingerprint density at radius 3 is 2.89 bits per heavy atom. The Hall–Kier alpha value is -1.36. The first kappa shape index (κ1) is 14.1. The lowest BCUT2D eigenvalue weighted by Crippen LogP contribution is -2.43. The number of rotatable bonds is 5. The monoisotopic (exact) mass is 264 g/mol. The predicted molar refractivity (Wildman–Crippen MR) is 74.9 cm³/mol. The van der Waals surface area contributed by atoms with Crippen molar-refractivity contribution in [1.82, 2.24) is 19.4 Å². The highest BCUT2D eigenvalue weighted by atomic mass is 16.2. The number of likely N-dealkylation sites (N-methyl/N-ethyl adjacent to an activating group) is 1. The van der Waals surface area contributed by atoms with Gasteiger partial charge in [0.15, 0.2) is 0 Å². The second-order valence-electron chi connectivity index (χ2n) is 5.45. The van der Waals surface area contributed by atoms with Crippen LogP contribution in [0.3, 0.4) is 0 Å². The number of likely N-dealkylation sites (tertiary alicyclic amines) is 1. The summed E-state index contributed by atoms with van der Waals surface area (Å²) in [6.07, 6.45) is 7.05. The highest BCUT2D eigenvalue weighted by molar-refractivity contribution is 5.81. The van der Waals surface area contributed by atoms with Gasteiger partial charge >= 0.3 is 0 Å². The first-order valence-corrected chi connectivity index (χ1v) is 7.02. The fourth-order valence-electron chi connectivity index (χ4n) is 2.76. The molecule has 1 aromatic rings. The van der Waals surface area contributed by atoms with Crippen molar-refractivity contribution in [3.05, 3.63) is 18.2 Å². The molecule has 1 aliphatic rings. The van der Waals surface area contributed by atoms with Crippen molar-refractivity contribution in [2.24, 2.45) is 0 Å². The summed E-state index contributed by atoms with van der Waals surface area (Å²) in [7, 11) is 3.68. The van der Waals surface area contributed by atoms with Gasteiger partial charge in [0.25, 0.3) is 0 Å². The van der Waals surface area contributed by atoms with Crippen LogP contribution in [0.1, 0.15) is 25.1 Å². The van der Waals surface area contributed by atoms with Crippen LogP contribution in [0.15, 0.2) is 12.4 Å². The summed E-state index contributed by atoms with van der Waals surface area (Å²) in [4.78, 5) is 20.3. The zero-order valence-corrected chi connectivity index (χ0v) is 12.2. The second kappa shape index (κ2) is 6.19. The van der Waals surface area contributed by atoms with Gasteiger partial charge in [-0.1, -0.05) is 0 Å². The molecule has 0 unspecified atom stereocenters. The molecule has 0 bridgehead atoms. The summed E-state index contributed by atoms with van der Waals surface area (Å²) in [5, 5.41) is 0. The van der Waals surface area contributed by atoms with Crippen molar-refractivity contribution >= 4 is 5.91 Å². The normalized spacial score (nSPS) is 19.8. The van der Waals surface area contributed by atoms with Crippen molar-refractivity contribution in [2.45, 2.75) is 38.8 Å². The molecule has 1 atom stereocenters. The molecule has 1 aliphatic heterocycles. The Balaban J connectivity index is 1.82. The maximum Gasteiger partial charge on any atom is 0.239 e. The van der Waals surface area contributed by atoms with E-state index in [4.69, 9.17) is 0 Å². The summed E-state index contributed by atoms with van der Waals surface area (Å²) in [6, 6.07) is 0.0962. The van der Waals surface area contributed by atoms with Gasteiger partial charge < -0.3 is 9.47 Å². The van der Waals surface area contributed by atoms with E-state index in [0.29, 0.717) is 0 Å². The molecule has 5 heteroatoms. The van der Waals surface area contributed by atoms with Crippen LogP contribution in [0.4, 0.5) is 0 Å². The number of carbonyl (C=O) groups is 1. The van der Waals surface area contributed by atoms with Crippen molar-refractivity contribution in [1.29, 1.82) is 0 Å². The van der Waals surface area contributed by atoms with E-state index in [1.807, 2.05) is 33.4 Å².